The van der Waals surface area contributed by atoms with Gasteiger partial charge in [-0.2, -0.15) is 0 Å². The lowest BCUT2D eigenvalue weighted by molar-refractivity contribution is -0.127. The number of carbonyl (C=O) groups excluding carboxylic acids is 1. The lowest BCUT2D eigenvalue weighted by atomic mass is 10.0. The number of guanidine groups is 1. The van der Waals surface area contributed by atoms with Gasteiger partial charge in [-0.15, -0.1) is 0 Å². The lowest BCUT2D eigenvalue weighted by Crippen LogP contribution is -2.49. The minimum Gasteiger partial charge on any atom is -0.356 e. The van der Waals surface area contributed by atoms with Gasteiger partial charge >= 0.3 is 0 Å². The quantitative estimate of drug-likeness (QED) is 0.493. The van der Waals surface area contributed by atoms with E-state index in [4.69, 9.17) is 0 Å². The number of likely N-dealkylation sites (N-methyl/N-ethyl adjacent to an activating group) is 1. The Bertz CT molecular complexity index is 619. The predicted octanol–water partition coefficient (Wildman–Crippen LogP) is 2.71. The zero-order valence-electron chi connectivity index (χ0n) is 18.7. The van der Waals surface area contributed by atoms with Crippen molar-refractivity contribution in [1.82, 2.24) is 20.4 Å². The van der Waals surface area contributed by atoms with Crippen LogP contribution in [-0.4, -0.2) is 68.0 Å². The summed E-state index contributed by atoms with van der Waals surface area (Å²) >= 11 is 0. The molecule has 1 aromatic carbocycles. The van der Waals surface area contributed by atoms with Crippen molar-refractivity contribution in [2.75, 3.05) is 40.3 Å². The number of carbonyl (C=O) groups is 1. The summed E-state index contributed by atoms with van der Waals surface area (Å²) in [5.41, 5.74) is 1.37. The zero-order chi connectivity index (χ0) is 21.1. The molecule has 6 nitrogen and oxygen atoms in total. The van der Waals surface area contributed by atoms with E-state index in [0.717, 1.165) is 57.8 Å². The van der Waals surface area contributed by atoms with Crippen LogP contribution in [0.25, 0.3) is 0 Å². The molecule has 0 aliphatic carbocycles. The third kappa shape index (κ3) is 8.44. The smallest absolute Gasteiger partial charge is 0.243 e. The Kier molecular flexibility index (Phi) is 9.98. The van der Waals surface area contributed by atoms with Crippen molar-refractivity contribution in [2.45, 2.75) is 52.1 Å². The molecule has 1 aromatic rings. The summed E-state index contributed by atoms with van der Waals surface area (Å²) in [6.07, 6.45) is 4.46. The van der Waals surface area contributed by atoms with Crippen molar-refractivity contribution in [1.29, 1.82) is 0 Å². The van der Waals surface area contributed by atoms with Crippen molar-refractivity contribution >= 4 is 11.9 Å². The molecule has 1 saturated heterocycles. The van der Waals surface area contributed by atoms with E-state index in [1.165, 1.54) is 5.56 Å². The fraction of sp³-hybridized carbons (Fsp3) is 0.652. The van der Waals surface area contributed by atoms with Gasteiger partial charge in [-0.25, -0.2) is 4.99 Å². The van der Waals surface area contributed by atoms with E-state index < -0.39 is 0 Å². The second-order valence-electron chi connectivity index (χ2n) is 8.20. The number of hydrogen-bond acceptors (Lipinski definition) is 3. The first-order valence-electron chi connectivity index (χ1n) is 11.0. The standard InChI is InChI=1S/C23H39N5O/c1-5-19(6-2)16-24-23(25-17-22(29)27(3)4)26-21-12-14-28(15-13-21)18-20-10-8-7-9-11-20/h7-11,19,21H,5-6,12-18H2,1-4H3,(H2,24,25,26). The van der Waals surface area contributed by atoms with Gasteiger partial charge in [0.25, 0.3) is 0 Å². The van der Waals surface area contributed by atoms with Crippen LogP contribution in [0.3, 0.4) is 0 Å². The summed E-state index contributed by atoms with van der Waals surface area (Å²) in [6.45, 7) is 8.67. The summed E-state index contributed by atoms with van der Waals surface area (Å²) in [4.78, 5) is 20.6. The van der Waals surface area contributed by atoms with E-state index in [1.807, 2.05) is 0 Å². The van der Waals surface area contributed by atoms with Crippen molar-refractivity contribution in [3.05, 3.63) is 35.9 Å². The lowest BCUT2D eigenvalue weighted by Gasteiger charge is -2.33. The van der Waals surface area contributed by atoms with E-state index >= 15 is 0 Å². The molecule has 6 heteroatoms. The van der Waals surface area contributed by atoms with Crippen LogP contribution in [0.5, 0.6) is 0 Å². The molecule has 0 radical (unpaired) electrons. The van der Waals surface area contributed by atoms with E-state index in [2.05, 4.69) is 64.7 Å². The van der Waals surface area contributed by atoms with Crippen LogP contribution in [0.15, 0.2) is 35.3 Å². The molecule has 0 bridgehead atoms. The van der Waals surface area contributed by atoms with E-state index in [-0.39, 0.29) is 12.5 Å². The van der Waals surface area contributed by atoms with Gasteiger partial charge in [0.15, 0.2) is 5.96 Å². The Labute approximate surface area is 176 Å². The minimum absolute atomic E-state index is 0.0197. The summed E-state index contributed by atoms with van der Waals surface area (Å²) in [5.74, 6) is 1.42. The maximum absolute atomic E-state index is 12.0. The number of nitrogens with one attached hydrogen (secondary N) is 2. The molecule has 1 aliphatic rings. The predicted molar refractivity (Wildman–Crippen MR) is 121 cm³/mol. The molecule has 1 aliphatic heterocycles. The van der Waals surface area contributed by atoms with Gasteiger partial charge in [0.05, 0.1) is 0 Å². The minimum atomic E-state index is 0.0197. The highest BCUT2D eigenvalue weighted by Gasteiger charge is 2.20. The monoisotopic (exact) mass is 401 g/mol. The van der Waals surface area contributed by atoms with Crippen molar-refractivity contribution < 1.29 is 4.79 Å². The molecule has 162 valence electrons. The topological polar surface area (TPSA) is 60.0 Å². The molecule has 0 unspecified atom stereocenters. The third-order valence-electron chi connectivity index (χ3n) is 5.76. The molecule has 1 fully saturated rings. The molecule has 29 heavy (non-hydrogen) atoms. The largest absolute Gasteiger partial charge is 0.356 e. The van der Waals surface area contributed by atoms with Crippen molar-refractivity contribution in [3.8, 4) is 0 Å². The zero-order valence-corrected chi connectivity index (χ0v) is 18.7. The van der Waals surface area contributed by atoms with Gasteiger partial charge in [0.1, 0.15) is 6.54 Å². The number of hydrogen-bond donors (Lipinski definition) is 2. The first-order valence-corrected chi connectivity index (χ1v) is 11.0. The molecule has 0 atom stereocenters. The summed E-state index contributed by atoms with van der Waals surface area (Å²) in [5, 5.41) is 7.05. The molecule has 2 N–H and O–H groups in total. The highest BCUT2D eigenvalue weighted by atomic mass is 16.2. The van der Waals surface area contributed by atoms with Crippen LogP contribution in [-0.2, 0) is 11.3 Å². The maximum Gasteiger partial charge on any atom is 0.243 e. The van der Waals surface area contributed by atoms with Crippen LogP contribution in [0.2, 0.25) is 0 Å². The molecule has 0 saturated carbocycles. The molecule has 0 spiro atoms. The van der Waals surface area contributed by atoms with Gasteiger partial charge in [-0.3, -0.25) is 9.69 Å². The number of aliphatic imine (C=N–C) groups is 1. The number of piperidine rings is 1. The summed E-state index contributed by atoms with van der Waals surface area (Å²) in [7, 11) is 3.54. The van der Waals surface area contributed by atoms with Crippen LogP contribution in [0, 0.1) is 5.92 Å². The average molecular weight is 402 g/mol. The Morgan fingerprint density at radius 2 is 1.83 bits per heavy atom. The molecule has 0 aromatic heterocycles. The maximum atomic E-state index is 12.0. The normalized spacial score (nSPS) is 16.1. The van der Waals surface area contributed by atoms with Gasteiger partial charge < -0.3 is 15.5 Å². The fourth-order valence-corrected chi connectivity index (χ4v) is 3.53. The number of benzene rings is 1. The Balaban J connectivity index is 1.87. The number of amides is 1. The van der Waals surface area contributed by atoms with Gasteiger partial charge in [0.2, 0.25) is 5.91 Å². The molecular weight excluding hydrogens is 362 g/mol. The average Bonchev–Trinajstić information content (AvgIpc) is 2.74. The van der Waals surface area contributed by atoms with Gasteiger partial charge in [-0.05, 0) is 24.3 Å². The Hall–Kier alpha value is -2.08. The third-order valence-corrected chi connectivity index (χ3v) is 5.76. The highest BCUT2D eigenvalue weighted by Crippen LogP contribution is 2.14. The van der Waals surface area contributed by atoms with Crippen LogP contribution in [0.4, 0.5) is 0 Å². The van der Waals surface area contributed by atoms with E-state index in [0.29, 0.717) is 12.0 Å². The van der Waals surface area contributed by atoms with Crippen molar-refractivity contribution in [3.63, 3.8) is 0 Å². The first-order chi connectivity index (χ1) is 14.0. The fourth-order valence-electron chi connectivity index (χ4n) is 3.53. The van der Waals surface area contributed by atoms with Crippen LogP contribution < -0.4 is 10.6 Å². The highest BCUT2D eigenvalue weighted by molar-refractivity contribution is 5.84. The van der Waals surface area contributed by atoms with E-state index in [9.17, 15) is 4.79 Å². The summed E-state index contributed by atoms with van der Waals surface area (Å²) in [6, 6.07) is 11.1. The van der Waals surface area contributed by atoms with Gasteiger partial charge in [0, 0.05) is 46.3 Å². The molecule has 1 amide bonds. The number of likely N-dealkylation sites (tertiary alicyclic amines) is 1. The second kappa shape index (κ2) is 12.5. The van der Waals surface area contributed by atoms with Crippen LogP contribution >= 0.6 is 0 Å². The Morgan fingerprint density at radius 1 is 1.17 bits per heavy atom. The van der Waals surface area contributed by atoms with Gasteiger partial charge in [-0.1, -0.05) is 57.0 Å². The molecule has 2 rings (SSSR count). The SMILES string of the molecule is CCC(CC)CNC(=NCC(=O)N(C)C)NC1CCN(Cc2ccccc2)CC1. The molecule has 1 heterocycles. The second-order valence-corrected chi connectivity index (χ2v) is 8.20. The summed E-state index contributed by atoms with van der Waals surface area (Å²) < 4.78 is 0. The Morgan fingerprint density at radius 3 is 2.41 bits per heavy atom. The first kappa shape index (κ1) is 23.2. The van der Waals surface area contributed by atoms with E-state index in [1.54, 1.807) is 19.0 Å². The molecular formula is C23H39N5O. The number of rotatable bonds is 9. The number of nitrogens with zero attached hydrogens (tertiary/aromatic N) is 3. The van der Waals surface area contributed by atoms with Crippen molar-refractivity contribution in [2.24, 2.45) is 10.9 Å². The van der Waals surface area contributed by atoms with Crippen LogP contribution in [0.1, 0.15) is 45.1 Å².